The minimum Gasteiger partial charge on any atom is -0.369 e. The molecular weight excluding hydrogens is 280 g/mol. The fourth-order valence-electron chi connectivity index (χ4n) is 3.27. The summed E-state index contributed by atoms with van der Waals surface area (Å²) < 4.78 is 0. The fraction of sp³-hybridized carbons (Fsp3) is 0.562. The quantitative estimate of drug-likeness (QED) is 0.904. The van der Waals surface area contributed by atoms with E-state index in [-0.39, 0.29) is 17.7 Å². The molecule has 0 bridgehead atoms. The number of carbonyl (C=O) groups is 2. The third kappa shape index (κ3) is 2.91. The first-order valence-corrected chi connectivity index (χ1v) is 7.95. The lowest BCUT2D eigenvalue weighted by Crippen LogP contribution is -2.35. The summed E-state index contributed by atoms with van der Waals surface area (Å²) in [4.78, 5) is 32.4. The first kappa shape index (κ1) is 14.8. The molecule has 0 spiro atoms. The molecule has 118 valence electrons. The van der Waals surface area contributed by atoms with Gasteiger partial charge < -0.3 is 15.5 Å². The van der Waals surface area contributed by atoms with Crippen molar-refractivity contribution in [1.82, 2.24) is 9.88 Å². The van der Waals surface area contributed by atoms with Crippen LogP contribution in [0.4, 0.5) is 5.82 Å². The second-order valence-corrected chi connectivity index (χ2v) is 6.06. The first-order valence-electron chi connectivity index (χ1n) is 7.95. The highest BCUT2D eigenvalue weighted by Crippen LogP contribution is 2.25. The second-order valence-electron chi connectivity index (χ2n) is 6.06. The van der Waals surface area contributed by atoms with Crippen molar-refractivity contribution in [2.45, 2.75) is 25.7 Å². The summed E-state index contributed by atoms with van der Waals surface area (Å²) in [7, 11) is 0. The molecule has 2 aliphatic rings. The van der Waals surface area contributed by atoms with Crippen LogP contribution in [0.1, 0.15) is 36.0 Å². The van der Waals surface area contributed by atoms with Crippen LogP contribution in [0.2, 0.25) is 0 Å². The SMILES string of the molecule is NC(=O)[C@@H]1CCN(C(=O)c2cccnc2N2CCCCC2)C1. The number of piperidine rings is 1. The van der Waals surface area contributed by atoms with E-state index in [1.807, 2.05) is 6.07 Å². The summed E-state index contributed by atoms with van der Waals surface area (Å²) in [5, 5.41) is 0. The number of likely N-dealkylation sites (tertiary alicyclic amines) is 1. The molecule has 1 aromatic rings. The number of hydrogen-bond acceptors (Lipinski definition) is 4. The molecule has 0 aromatic carbocycles. The number of nitrogens with zero attached hydrogens (tertiary/aromatic N) is 3. The first-order chi connectivity index (χ1) is 10.7. The zero-order valence-electron chi connectivity index (χ0n) is 12.7. The Labute approximate surface area is 130 Å². The summed E-state index contributed by atoms with van der Waals surface area (Å²) in [6.07, 6.45) is 5.89. The minimum absolute atomic E-state index is 0.0441. The van der Waals surface area contributed by atoms with Crippen LogP contribution in [0, 0.1) is 5.92 Å². The van der Waals surface area contributed by atoms with Gasteiger partial charge in [0.2, 0.25) is 5.91 Å². The van der Waals surface area contributed by atoms with E-state index >= 15 is 0 Å². The topological polar surface area (TPSA) is 79.5 Å². The van der Waals surface area contributed by atoms with Crippen LogP contribution in [0.5, 0.6) is 0 Å². The van der Waals surface area contributed by atoms with Crippen molar-refractivity contribution in [3.63, 3.8) is 0 Å². The van der Waals surface area contributed by atoms with E-state index in [0.29, 0.717) is 25.1 Å². The summed E-state index contributed by atoms with van der Waals surface area (Å²) >= 11 is 0. The fourth-order valence-corrected chi connectivity index (χ4v) is 3.27. The molecule has 1 aromatic heterocycles. The average Bonchev–Trinajstić information content (AvgIpc) is 3.05. The molecule has 0 aliphatic carbocycles. The maximum atomic E-state index is 12.8. The number of anilines is 1. The van der Waals surface area contributed by atoms with Crippen molar-refractivity contribution in [2.75, 3.05) is 31.1 Å². The smallest absolute Gasteiger partial charge is 0.257 e. The number of primary amides is 1. The van der Waals surface area contributed by atoms with Crippen LogP contribution < -0.4 is 10.6 Å². The lowest BCUT2D eigenvalue weighted by Gasteiger charge is -2.29. The van der Waals surface area contributed by atoms with Gasteiger partial charge in [-0.3, -0.25) is 9.59 Å². The van der Waals surface area contributed by atoms with Crippen LogP contribution in [0.25, 0.3) is 0 Å². The molecule has 0 radical (unpaired) electrons. The van der Waals surface area contributed by atoms with E-state index in [0.717, 1.165) is 31.7 Å². The van der Waals surface area contributed by atoms with Gasteiger partial charge in [0.05, 0.1) is 11.5 Å². The van der Waals surface area contributed by atoms with Gasteiger partial charge in [0.25, 0.3) is 5.91 Å². The van der Waals surface area contributed by atoms with Gasteiger partial charge in [-0.2, -0.15) is 0 Å². The third-order valence-electron chi connectivity index (χ3n) is 4.55. The molecule has 3 rings (SSSR count). The van der Waals surface area contributed by atoms with E-state index in [1.54, 1.807) is 17.2 Å². The number of rotatable bonds is 3. The summed E-state index contributed by atoms with van der Waals surface area (Å²) in [6, 6.07) is 3.62. The number of carbonyl (C=O) groups excluding carboxylic acids is 2. The molecule has 3 heterocycles. The van der Waals surface area contributed by atoms with Crippen molar-refractivity contribution in [1.29, 1.82) is 0 Å². The predicted molar refractivity (Wildman–Crippen MR) is 83.5 cm³/mol. The number of pyridine rings is 1. The molecule has 22 heavy (non-hydrogen) atoms. The average molecular weight is 302 g/mol. The van der Waals surface area contributed by atoms with Crippen LogP contribution in [0.15, 0.2) is 18.3 Å². The van der Waals surface area contributed by atoms with E-state index in [4.69, 9.17) is 5.73 Å². The Morgan fingerprint density at radius 3 is 2.64 bits per heavy atom. The molecule has 0 unspecified atom stereocenters. The van der Waals surface area contributed by atoms with Crippen molar-refractivity contribution >= 4 is 17.6 Å². The Hall–Kier alpha value is -2.11. The number of nitrogens with two attached hydrogens (primary N) is 1. The molecule has 6 nitrogen and oxygen atoms in total. The van der Waals surface area contributed by atoms with Crippen LogP contribution in [0.3, 0.4) is 0 Å². The zero-order valence-corrected chi connectivity index (χ0v) is 12.7. The molecule has 2 amide bonds. The Kier molecular flexibility index (Phi) is 4.27. The largest absolute Gasteiger partial charge is 0.369 e. The highest BCUT2D eigenvalue weighted by molar-refractivity contribution is 5.99. The van der Waals surface area contributed by atoms with E-state index in [2.05, 4.69) is 9.88 Å². The monoisotopic (exact) mass is 302 g/mol. The van der Waals surface area contributed by atoms with Crippen molar-refractivity contribution < 1.29 is 9.59 Å². The lowest BCUT2D eigenvalue weighted by molar-refractivity contribution is -0.121. The van der Waals surface area contributed by atoms with Crippen LogP contribution in [-0.2, 0) is 4.79 Å². The van der Waals surface area contributed by atoms with Gasteiger partial charge in [0.15, 0.2) is 0 Å². The Bertz CT molecular complexity index is 569. The normalized spacial score (nSPS) is 21.9. The second kappa shape index (κ2) is 6.34. The van der Waals surface area contributed by atoms with Crippen LogP contribution >= 0.6 is 0 Å². The maximum absolute atomic E-state index is 12.8. The van der Waals surface area contributed by atoms with Gasteiger partial charge in [-0.05, 0) is 37.8 Å². The molecule has 2 saturated heterocycles. The molecular formula is C16H22N4O2. The molecule has 2 fully saturated rings. The summed E-state index contributed by atoms with van der Waals surface area (Å²) in [6.45, 7) is 2.89. The predicted octanol–water partition coefficient (Wildman–Crippen LogP) is 1.02. The van der Waals surface area contributed by atoms with Gasteiger partial charge in [0, 0.05) is 32.4 Å². The van der Waals surface area contributed by atoms with Crippen molar-refractivity contribution in [3.05, 3.63) is 23.9 Å². The number of hydrogen-bond donors (Lipinski definition) is 1. The molecule has 2 N–H and O–H groups in total. The highest BCUT2D eigenvalue weighted by atomic mass is 16.2. The standard InChI is InChI=1S/C16H22N4O2/c17-14(21)12-6-10-20(11-12)16(22)13-5-4-7-18-15(13)19-8-2-1-3-9-19/h4-5,7,12H,1-3,6,8-11H2,(H2,17,21)/t12-/m1/s1. The van der Waals surface area contributed by atoms with Crippen molar-refractivity contribution in [2.24, 2.45) is 11.7 Å². The zero-order chi connectivity index (χ0) is 15.5. The maximum Gasteiger partial charge on any atom is 0.257 e. The highest BCUT2D eigenvalue weighted by Gasteiger charge is 2.32. The molecule has 0 saturated carbocycles. The molecule has 6 heteroatoms. The van der Waals surface area contributed by atoms with E-state index in [1.165, 1.54) is 6.42 Å². The summed E-state index contributed by atoms with van der Waals surface area (Å²) in [5.41, 5.74) is 5.98. The molecule has 1 atom stereocenters. The van der Waals surface area contributed by atoms with Gasteiger partial charge in [-0.25, -0.2) is 4.98 Å². The van der Waals surface area contributed by atoms with Crippen LogP contribution in [-0.4, -0.2) is 47.9 Å². The molecule has 2 aliphatic heterocycles. The van der Waals surface area contributed by atoms with E-state index in [9.17, 15) is 9.59 Å². The number of aromatic nitrogens is 1. The lowest BCUT2D eigenvalue weighted by atomic mass is 10.1. The third-order valence-corrected chi connectivity index (χ3v) is 4.55. The minimum atomic E-state index is -0.322. The Morgan fingerprint density at radius 1 is 1.18 bits per heavy atom. The number of amides is 2. The van der Waals surface area contributed by atoms with Gasteiger partial charge in [-0.15, -0.1) is 0 Å². The Balaban J connectivity index is 1.79. The van der Waals surface area contributed by atoms with Crippen molar-refractivity contribution in [3.8, 4) is 0 Å². The van der Waals surface area contributed by atoms with E-state index < -0.39 is 0 Å². The van der Waals surface area contributed by atoms with Gasteiger partial charge >= 0.3 is 0 Å². The van der Waals surface area contributed by atoms with Gasteiger partial charge in [0.1, 0.15) is 5.82 Å². The Morgan fingerprint density at radius 2 is 1.95 bits per heavy atom. The van der Waals surface area contributed by atoms with Gasteiger partial charge in [-0.1, -0.05) is 0 Å². The summed E-state index contributed by atoms with van der Waals surface area (Å²) in [5.74, 6) is 0.184.